The van der Waals surface area contributed by atoms with Gasteiger partial charge in [0, 0.05) is 0 Å². The molecule has 0 heterocycles. The fraction of sp³-hybridized carbons (Fsp3) is 0.467. The van der Waals surface area contributed by atoms with E-state index in [1.54, 1.807) is 18.2 Å². The van der Waals surface area contributed by atoms with E-state index in [-0.39, 0.29) is 11.5 Å². The molecular weight excluding hydrogens is 226 g/mol. The molecular formula is C15H17NO2. The van der Waals surface area contributed by atoms with E-state index in [1.165, 1.54) is 19.3 Å². The Morgan fingerprint density at radius 3 is 2.67 bits per heavy atom. The van der Waals surface area contributed by atoms with Crippen LogP contribution in [-0.4, -0.2) is 11.1 Å². The van der Waals surface area contributed by atoms with Crippen molar-refractivity contribution in [2.45, 2.75) is 38.0 Å². The van der Waals surface area contributed by atoms with Gasteiger partial charge in [0.05, 0.1) is 17.6 Å². The Hall–Kier alpha value is -1.82. The summed E-state index contributed by atoms with van der Waals surface area (Å²) in [6, 6.07) is 9.17. The molecule has 1 atom stereocenters. The second kappa shape index (κ2) is 5.68. The minimum atomic E-state index is -0.933. The summed E-state index contributed by atoms with van der Waals surface area (Å²) in [5, 5.41) is 18.4. The Bertz CT molecular complexity index is 470. The van der Waals surface area contributed by atoms with Gasteiger partial charge in [-0.1, -0.05) is 31.4 Å². The number of benzene rings is 1. The third-order valence-electron chi connectivity index (χ3n) is 3.75. The Morgan fingerprint density at radius 1 is 1.33 bits per heavy atom. The fourth-order valence-corrected chi connectivity index (χ4v) is 2.78. The summed E-state index contributed by atoms with van der Waals surface area (Å²) in [4.78, 5) is 11.0. The number of carbonyl (C=O) groups is 1. The van der Waals surface area contributed by atoms with E-state index >= 15 is 0 Å². The van der Waals surface area contributed by atoms with E-state index in [0.29, 0.717) is 5.92 Å². The maximum absolute atomic E-state index is 11.0. The molecule has 1 unspecified atom stereocenters. The molecule has 18 heavy (non-hydrogen) atoms. The van der Waals surface area contributed by atoms with E-state index in [2.05, 4.69) is 6.07 Å². The van der Waals surface area contributed by atoms with Crippen molar-refractivity contribution >= 4 is 5.97 Å². The maximum atomic E-state index is 11.0. The Balaban J connectivity index is 2.24. The highest BCUT2D eigenvalue weighted by Gasteiger charge is 2.25. The lowest BCUT2D eigenvalue weighted by atomic mass is 9.77. The Kier molecular flexibility index (Phi) is 3.99. The van der Waals surface area contributed by atoms with Crippen LogP contribution in [0.1, 0.15) is 53.9 Å². The molecule has 0 aliphatic heterocycles. The van der Waals surface area contributed by atoms with Crippen molar-refractivity contribution in [3.63, 3.8) is 0 Å². The molecule has 1 aliphatic rings. The van der Waals surface area contributed by atoms with Gasteiger partial charge in [-0.15, -0.1) is 0 Å². The van der Waals surface area contributed by atoms with E-state index in [1.807, 2.05) is 6.07 Å². The van der Waals surface area contributed by atoms with Crippen molar-refractivity contribution in [1.29, 1.82) is 5.26 Å². The van der Waals surface area contributed by atoms with Gasteiger partial charge in [-0.3, -0.25) is 0 Å². The summed E-state index contributed by atoms with van der Waals surface area (Å²) in [5.74, 6) is -0.713. The number of nitrogens with zero attached hydrogens (tertiary/aromatic N) is 1. The lowest BCUT2D eigenvalue weighted by Gasteiger charge is -2.26. The average molecular weight is 243 g/mol. The van der Waals surface area contributed by atoms with E-state index < -0.39 is 5.97 Å². The van der Waals surface area contributed by atoms with Crippen LogP contribution in [0.2, 0.25) is 0 Å². The van der Waals surface area contributed by atoms with Gasteiger partial charge in [0.1, 0.15) is 0 Å². The normalized spacial score (nSPS) is 17.9. The number of carboxylic acids is 1. The molecule has 3 heteroatoms. The first kappa shape index (κ1) is 12.6. The Morgan fingerprint density at radius 2 is 2.06 bits per heavy atom. The maximum Gasteiger partial charge on any atom is 0.335 e. The molecule has 0 aromatic heterocycles. The molecule has 1 N–H and O–H groups in total. The molecule has 1 aliphatic carbocycles. The van der Waals surface area contributed by atoms with Gasteiger partial charge in [0.25, 0.3) is 0 Å². The lowest BCUT2D eigenvalue weighted by Crippen LogP contribution is -2.15. The number of rotatable bonds is 3. The van der Waals surface area contributed by atoms with Crippen LogP contribution in [0.25, 0.3) is 0 Å². The van der Waals surface area contributed by atoms with Crippen LogP contribution in [0, 0.1) is 17.2 Å². The van der Waals surface area contributed by atoms with Crippen molar-refractivity contribution in [2.75, 3.05) is 0 Å². The van der Waals surface area contributed by atoms with E-state index in [0.717, 1.165) is 18.4 Å². The highest BCUT2D eigenvalue weighted by atomic mass is 16.4. The van der Waals surface area contributed by atoms with Crippen molar-refractivity contribution in [1.82, 2.24) is 0 Å². The van der Waals surface area contributed by atoms with Gasteiger partial charge in [0.15, 0.2) is 0 Å². The summed E-state index contributed by atoms with van der Waals surface area (Å²) in [6.45, 7) is 0. The first-order valence-electron chi connectivity index (χ1n) is 6.45. The molecule has 1 aromatic rings. The summed E-state index contributed by atoms with van der Waals surface area (Å²) < 4.78 is 0. The van der Waals surface area contributed by atoms with Crippen molar-refractivity contribution in [3.8, 4) is 6.07 Å². The number of aromatic carboxylic acids is 1. The van der Waals surface area contributed by atoms with Gasteiger partial charge < -0.3 is 5.11 Å². The van der Waals surface area contributed by atoms with Crippen LogP contribution in [0.5, 0.6) is 0 Å². The quantitative estimate of drug-likeness (QED) is 0.882. The average Bonchev–Trinajstić information content (AvgIpc) is 2.41. The highest BCUT2D eigenvalue weighted by molar-refractivity contribution is 5.87. The number of carboxylic acid groups (broad SMARTS) is 1. The minimum absolute atomic E-state index is 0.162. The summed E-state index contributed by atoms with van der Waals surface area (Å²) in [5.41, 5.74) is 1.12. The largest absolute Gasteiger partial charge is 0.478 e. The SMILES string of the molecule is N#CC(c1cccc(C(=O)O)c1)C1CCCCC1. The zero-order valence-electron chi connectivity index (χ0n) is 10.3. The fourth-order valence-electron chi connectivity index (χ4n) is 2.78. The molecule has 1 aromatic carbocycles. The number of hydrogen-bond acceptors (Lipinski definition) is 2. The second-order valence-electron chi connectivity index (χ2n) is 4.94. The molecule has 2 rings (SSSR count). The lowest BCUT2D eigenvalue weighted by molar-refractivity contribution is 0.0696. The first-order chi connectivity index (χ1) is 8.72. The van der Waals surface area contributed by atoms with Crippen molar-refractivity contribution in [3.05, 3.63) is 35.4 Å². The highest BCUT2D eigenvalue weighted by Crippen LogP contribution is 2.35. The molecule has 0 amide bonds. The predicted octanol–water partition coefficient (Wildman–Crippen LogP) is 3.57. The minimum Gasteiger partial charge on any atom is -0.478 e. The van der Waals surface area contributed by atoms with Gasteiger partial charge in [-0.05, 0) is 36.5 Å². The summed E-state index contributed by atoms with van der Waals surface area (Å²) in [7, 11) is 0. The molecule has 3 nitrogen and oxygen atoms in total. The molecule has 0 spiro atoms. The molecule has 0 radical (unpaired) electrons. The molecule has 1 saturated carbocycles. The van der Waals surface area contributed by atoms with Gasteiger partial charge in [-0.25, -0.2) is 4.79 Å². The van der Waals surface area contributed by atoms with Crippen LogP contribution >= 0.6 is 0 Å². The zero-order valence-corrected chi connectivity index (χ0v) is 10.3. The molecule has 1 fully saturated rings. The first-order valence-corrected chi connectivity index (χ1v) is 6.45. The Labute approximate surface area is 107 Å². The predicted molar refractivity (Wildman–Crippen MR) is 68.3 cm³/mol. The number of hydrogen-bond donors (Lipinski definition) is 1. The van der Waals surface area contributed by atoms with Crippen LogP contribution in [-0.2, 0) is 0 Å². The zero-order chi connectivity index (χ0) is 13.0. The summed E-state index contributed by atoms with van der Waals surface area (Å²) >= 11 is 0. The summed E-state index contributed by atoms with van der Waals surface area (Å²) in [6.07, 6.45) is 5.78. The molecule has 0 saturated heterocycles. The van der Waals surface area contributed by atoms with E-state index in [4.69, 9.17) is 5.11 Å². The van der Waals surface area contributed by atoms with Crippen molar-refractivity contribution in [2.24, 2.45) is 5.92 Å². The smallest absolute Gasteiger partial charge is 0.335 e. The molecule has 0 bridgehead atoms. The van der Waals surface area contributed by atoms with Crippen molar-refractivity contribution < 1.29 is 9.90 Å². The van der Waals surface area contributed by atoms with Crippen LogP contribution in [0.15, 0.2) is 24.3 Å². The van der Waals surface area contributed by atoms with Crippen LogP contribution in [0.3, 0.4) is 0 Å². The standard InChI is InChI=1S/C15H17NO2/c16-10-14(11-5-2-1-3-6-11)12-7-4-8-13(9-12)15(17)18/h4,7-9,11,14H,1-3,5-6H2,(H,17,18). The van der Waals surface area contributed by atoms with Crippen LogP contribution in [0.4, 0.5) is 0 Å². The van der Waals surface area contributed by atoms with E-state index in [9.17, 15) is 10.1 Å². The van der Waals surface area contributed by atoms with Gasteiger partial charge in [-0.2, -0.15) is 5.26 Å². The third-order valence-corrected chi connectivity index (χ3v) is 3.75. The molecule has 94 valence electrons. The van der Waals surface area contributed by atoms with Gasteiger partial charge >= 0.3 is 5.97 Å². The third kappa shape index (κ3) is 2.70. The van der Waals surface area contributed by atoms with Gasteiger partial charge in [0.2, 0.25) is 0 Å². The van der Waals surface area contributed by atoms with Crippen LogP contribution < -0.4 is 0 Å². The second-order valence-corrected chi connectivity index (χ2v) is 4.94. The topological polar surface area (TPSA) is 61.1 Å². The monoisotopic (exact) mass is 243 g/mol. The number of nitriles is 1.